The van der Waals surface area contributed by atoms with Crippen LogP contribution >= 0.6 is 0 Å². The molecule has 0 bridgehead atoms. The van der Waals surface area contributed by atoms with Crippen LogP contribution < -0.4 is 9.64 Å². The Balaban J connectivity index is 1.39. The van der Waals surface area contributed by atoms with Crippen LogP contribution in [0.1, 0.15) is 11.3 Å². The van der Waals surface area contributed by atoms with Gasteiger partial charge in [-0.3, -0.25) is 4.79 Å². The third-order valence-electron chi connectivity index (χ3n) is 5.46. The smallest absolute Gasteiger partial charge is 0.265 e. The van der Waals surface area contributed by atoms with Gasteiger partial charge in [-0.25, -0.2) is 0 Å². The molecule has 1 N–H and O–H groups in total. The normalized spacial score (nSPS) is 19.0. The Morgan fingerprint density at radius 2 is 1.96 bits per heavy atom. The molecule has 1 atom stereocenters. The van der Waals surface area contributed by atoms with Crippen molar-refractivity contribution in [3.8, 4) is 5.75 Å². The number of carbonyl (C=O) groups is 1. The number of para-hydroxylation sites is 3. The zero-order valence-electron chi connectivity index (χ0n) is 14.7. The Kier molecular flexibility index (Phi) is 3.42. The number of hydrogen-bond donors (Lipinski definition) is 1. The van der Waals surface area contributed by atoms with Crippen molar-refractivity contribution in [2.45, 2.75) is 19.1 Å². The minimum Gasteiger partial charge on any atom is -0.477 e. The quantitative estimate of drug-likeness (QED) is 0.736. The van der Waals surface area contributed by atoms with Crippen LogP contribution in [-0.2, 0) is 17.8 Å². The molecule has 1 unspecified atom stereocenters. The SMILES string of the molecule is CN1CC(C(=O)N2CCc3c([nH]c4ccccc34)C2)Oc2ccccc21. The summed E-state index contributed by atoms with van der Waals surface area (Å²) < 4.78 is 6.02. The van der Waals surface area contributed by atoms with Crippen molar-refractivity contribution in [2.24, 2.45) is 0 Å². The van der Waals surface area contributed by atoms with E-state index in [-0.39, 0.29) is 5.91 Å². The first-order chi connectivity index (χ1) is 12.7. The second kappa shape index (κ2) is 5.80. The van der Waals surface area contributed by atoms with Crippen LogP contribution in [0.4, 0.5) is 5.69 Å². The average molecular weight is 347 g/mol. The van der Waals surface area contributed by atoms with Gasteiger partial charge < -0.3 is 19.5 Å². The lowest BCUT2D eigenvalue weighted by molar-refractivity contribution is -0.139. The summed E-state index contributed by atoms with van der Waals surface area (Å²) >= 11 is 0. The average Bonchev–Trinajstić information content (AvgIpc) is 3.05. The number of likely N-dealkylation sites (N-methyl/N-ethyl adjacent to an activating group) is 1. The van der Waals surface area contributed by atoms with Crippen LogP contribution in [-0.4, -0.2) is 42.0 Å². The zero-order valence-corrected chi connectivity index (χ0v) is 14.7. The minimum absolute atomic E-state index is 0.0654. The number of nitrogens with zero attached hydrogens (tertiary/aromatic N) is 2. The lowest BCUT2D eigenvalue weighted by Crippen LogP contribution is -2.50. The molecule has 0 fully saturated rings. The Hall–Kier alpha value is -2.95. The van der Waals surface area contributed by atoms with E-state index in [1.54, 1.807) is 0 Å². The fourth-order valence-corrected chi connectivity index (χ4v) is 4.12. The van der Waals surface area contributed by atoms with E-state index in [0.717, 1.165) is 35.6 Å². The maximum absolute atomic E-state index is 13.1. The van der Waals surface area contributed by atoms with Gasteiger partial charge in [-0.15, -0.1) is 0 Å². The van der Waals surface area contributed by atoms with Crippen LogP contribution in [0.25, 0.3) is 10.9 Å². The molecule has 2 aromatic carbocycles. The number of ether oxygens (including phenoxy) is 1. The summed E-state index contributed by atoms with van der Waals surface area (Å²) in [6, 6.07) is 16.2. The molecule has 5 heteroatoms. The third kappa shape index (κ3) is 2.35. The van der Waals surface area contributed by atoms with E-state index in [9.17, 15) is 4.79 Å². The van der Waals surface area contributed by atoms with Crippen LogP contribution in [0.2, 0.25) is 0 Å². The van der Waals surface area contributed by atoms with Crippen molar-refractivity contribution >= 4 is 22.5 Å². The summed E-state index contributed by atoms with van der Waals surface area (Å²) in [5.74, 6) is 0.846. The van der Waals surface area contributed by atoms with Gasteiger partial charge in [0.2, 0.25) is 0 Å². The van der Waals surface area contributed by atoms with Gasteiger partial charge in [0.1, 0.15) is 5.75 Å². The minimum atomic E-state index is -0.458. The molecule has 0 spiro atoms. The molecule has 5 nitrogen and oxygen atoms in total. The van der Waals surface area contributed by atoms with E-state index in [2.05, 4.69) is 28.1 Å². The Labute approximate surface area is 152 Å². The molecule has 1 amide bonds. The van der Waals surface area contributed by atoms with Gasteiger partial charge in [-0.1, -0.05) is 30.3 Å². The first-order valence-corrected chi connectivity index (χ1v) is 9.05. The molecule has 0 radical (unpaired) electrons. The predicted molar refractivity (Wildman–Crippen MR) is 102 cm³/mol. The highest BCUT2D eigenvalue weighted by atomic mass is 16.5. The number of aromatic nitrogens is 1. The van der Waals surface area contributed by atoms with E-state index in [1.807, 2.05) is 42.3 Å². The summed E-state index contributed by atoms with van der Waals surface area (Å²) in [6.45, 7) is 1.93. The summed E-state index contributed by atoms with van der Waals surface area (Å²) in [4.78, 5) is 20.6. The van der Waals surface area contributed by atoms with Gasteiger partial charge in [0.25, 0.3) is 5.91 Å². The monoisotopic (exact) mass is 347 g/mol. The van der Waals surface area contributed by atoms with Crippen LogP contribution in [0.3, 0.4) is 0 Å². The number of hydrogen-bond acceptors (Lipinski definition) is 3. The number of H-pyrrole nitrogens is 1. The number of amides is 1. The van der Waals surface area contributed by atoms with Crippen molar-refractivity contribution < 1.29 is 9.53 Å². The van der Waals surface area contributed by atoms with Crippen molar-refractivity contribution in [2.75, 3.05) is 25.0 Å². The maximum Gasteiger partial charge on any atom is 0.265 e. The van der Waals surface area contributed by atoms with E-state index < -0.39 is 6.10 Å². The first-order valence-electron chi connectivity index (χ1n) is 9.05. The maximum atomic E-state index is 13.1. The Morgan fingerprint density at radius 3 is 2.88 bits per heavy atom. The van der Waals surface area contributed by atoms with Gasteiger partial charge in [0.15, 0.2) is 6.10 Å². The van der Waals surface area contributed by atoms with Crippen LogP contribution in [0.5, 0.6) is 5.75 Å². The van der Waals surface area contributed by atoms with E-state index >= 15 is 0 Å². The third-order valence-corrected chi connectivity index (χ3v) is 5.46. The molecule has 1 aromatic heterocycles. The summed E-state index contributed by atoms with van der Waals surface area (Å²) in [6.07, 6.45) is 0.422. The number of carbonyl (C=O) groups excluding carboxylic acids is 1. The highest BCUT2D eigenvalue weighted by Gasteiger charge is 2.34. The summed E-state index contributed by atoms with van der Waals surface area (Å²) in [5, 5.41) is 1.28. The van der Waals surface area contributed by atoms with Crippen molar-refractivity contribution in [3.05, 3.63) is 59.8 Å². The molecule has 5 rings (SSSR count). The van der Waals surface area contributed by atoms with Crippen molar-refractivity contribution in [1.29, 1.82) is 0 Å². The first kappa shape index (κ1) is 15.3. The molecular formula is C21H21N3O2. The van der Waals surface area contributed by atoms with Gasteiger partial charge in [-0.2, -0.15) is 0 Å². The highest BCUT2D eigenvalue weighted by Crippen LogP contribution is 2.33. The molecule has 2 aliphatic rings. The molecule has 0 aliphatic carbocycles. The number of anilines is 1. The fourth-order valence-electron chi connectivity index (χ4n) is 4.12. The molecule has 0 saturated carbocycles. The second-order valence-corrected chi connectivity index (χ2v) is 7.09. The van der Waals surface area contributed by atoms with Crippen LogP contribution in [0, 0.1) is 0 Å². The molecule has 2 aliphatic heterocycles. The second-order valence-electron chi connectivity index (χ2n) is 7.09. The largest absolute Gasteiger partial charge is 0.477 e. The van der Waals surface area contributed by atoms with Gasteiger partial charge in [0.05, 0.1) is 18.8 Å². The van der Waals surface area contributed by atoms with Crippen molar-refractivity contribution in [3.63, 3.8) is 0 Å². The Morgan fingerprint density at radius 1 is 1.15 bits per heavy atom. The standard InChI is InChI=1S/C21H21N3O2/c1-23-13-20(26-19-9-5-4-8-18(19)23)21(25)24-11-10-15-14-6-2-3-7-16(14)22-17(15)12-24/h2-9,20,22H,10-13H2,1H3. The topological polar surface area (TPSA) is 48.6 Å². The summed E-state index contributed by atoms with van der Waals surface area (Å²) in [5.41, 5.74) is 4.68. The van der Waals surface area contributed by atoms with E-state index in [1.165, 1.54) is 10.9 Å². The number of aromatic amines is 1. The van der Waals surface area contributed by atoms with Crippen molar-refractivity contribution in [1.82, 2.24) is 9.88 Å². The van der Waals surface area contributed by atoms with E-state index in [4.69, 9.17) is 4.74 Å². The van der Waals surface area contributed by atoms with E-state index in [0.29, 0.717) is 13.1 Å². The molecule has 0 saturated heterocycles. The fraction of sp³-hybridized carbons (Fsp3) is 0.286. The predicted octanol–water partition coefficient (Wildman–Crippen LogP) is 2.95. The zero-order chi connectivity index (χ0) is 17.7. The number of benzene rings is 2. The summed E-state index contributed by atoms with van der Waals surface area (Å²) in [7, 11) is 2.01. The lowest BCUT2D eigenvalue weighted by atomic mass is 10.0. The number of nitrogens with one attached hydrogen (secondary N) is 1. The molecule has 26 heavy (non-hydrogen) atoms. The highest BCUT2D eigenvalue weighted by molar-refractivity contribution is 5.87. The van der Waals surface area contributed by atoms with Gasteiger partial charge >= 0.3 is 0 Å². The van der Waals surface area contributed by atoms with Gasteiger partial charge in [0, 0.05) is 30.2 Å². The molecule has 132 valence electrons. The molecule has 3 heterocycles. The number of rotatable bonds is 1. The molecular weight excluding hydrogens is 326 g/mol. The van der Waals surface area contributed by atoms with Gasteiger partial charge in [-0.05, 0) is 30.2 Å². The van der Waals surface area contributed by atoms with Crippen LogP contribution in [0.15, 0.2) is 48.5 Å². The lowest BCUT2D eigenvalue weighted by Gasteiger charge is -2.36. The number of fused-ring (bicyclic) bond motifs is 4. The Bertz CT molecular complexity index is 994. The molecule has 3 aromatic rings.